The summed E-state index contributed by atoms with van der Waals surface area (Å²) in [7, 11) is -3.09. The third-order valence-electron chi connectivity index (χ3n) is 4.72. The summed E-state index contributed by atoms with van der Waals surface area (Å²) < 4.78 is 30.0. The minimum absolute atomic E-state index is 0.146. The van der Waals surface area contributed by atoms with Crippen LogP contribution in [0.3, 0.4) is 0 Å². The van der Waals surface area contributed by atoms with E-state index in [9.17, 15) is 8.42 Å². The molecule has 0 aliphatic carbocycles. The maximum absolute atomic E-state index is 12.3. The quantitative estimate of drug-likeness (QED) is 0.611. The standard InChI is InChI=1S/C21H35N3O3S/c1-8-22-19(24-11-12-28(25,26)21(6,7)15-24)23-14-17-10-9-16(2)13-18(17)27-20(3,4)5/h9-10,13H,8,11-12,14-15H2,1-7H3,(H,22,23). The van der Waals surface area contributed by atoms with Crippen LogP contribution in [0.15, 0.2) is 23.2 Å². The van der Waals surface area contributed by atoms with Crippen molar-refractivity contribution >= 4 is 15.8 Å². The first-order valence-electron chi connectivity index (χ1n) is 9.89. The minimum Gasteiger partial charge on any atom is -0.488 e. The molecule has 1 fully saturated rings. The smallest absolute Gasteiger partial charge is 0.194 e. The molecule has 0 unspecified atom stereocenters. The van der Waals surface area contributed by atoms with Crippen molar-refractivity contribution < 1.29 is 13.2 Å². The van der Waals surface area contributed by atoms with Crippen molar-refractivity contribution in [3.05, 3.63) is 29.3 Å². The second-order valence-corrected chi connectivity index (χ2v) is 11.7. The van der Waals surface area contributed by atoms with Gasteiger partial charge in [-0.25, -0.2) is 13.4 Å². The summed E-state index contributed by atoms with van der Waals surface area (Å²) in [5.74, 6) is 1.73. The van der Waals surface area contributed by atoms with Gasteiger partial charge in [0.05, 0.1) is 17.0 Å². The Bertz CT molecular complexity index is 824. The fourth-order valence-corrected chi connectivity index (χ4v) is 4.49. The van der Waals surface area contributed by atoms with Crippen molar-refractivity contribution in [1.82, 2.24) is 10.2 Å². The second-order valence-electron chi connectivity index (χ2n) is 9.00. The molecule has 0 amide bonds. The first-order valence-corrected chi connectivity index (χ1v) is 11.5. The van der Waals surface area contributed by atoms with E-state index < -0.39 is 14.6 Å². The number of guanidine groups is 1. The lowest BCUT2D eigenvalue weighted by molar-refractivity contribution is 0.129. The normalized spacial score (nSPS) is 19.4. The van der Waals surface area contributed by atoms with Crippen LogP contribution in [0.1, 0.15) is 52.7 Å². The van der Waals surface area contributed by atoms with Crippen LogP contribution in [-0.4, -0.2) is 55.0 Å². The predicted molar refractivity (Wildman–Crippen MR) is 116 cm³/mol. The van der Waals surface area contributed by atoms with Crippen LogP contribution in [0, 0.1) is 6.92 Å². The summed E-state index contributed by atoms with van der Waals surface area (Å²) >= 11 is 0. The van der Waals surface area contributed by atoms with Gasteiger partial charge in [0.2, 0.25) is 0 Å². The Morgan fingerprint density at radius 2 is 2.00 bits per heavy atom. The number of nitrogens with zero attached hydrogens (tertiary/aromatic N) is 2. The molecular weight excluding hydrogens is 374 g/mol. The van der Waals surface area contributed by atoms with Gasteiger partial charge in [-0.05, 0) is 60.1 Å². The van der Waals surface area contributed by atoms with E-state index in [1.165, 1.54) is 0 Å². The zero-order chi connectivity index (χ0) is 21.2. The summed E-state index contributed by atoms with van der Waals surface area (Å²) in [6, 6.07) is 6.15. The highest BCUT2D eigenvalue weighted by molar-refractivity contribution is 7.92. The molecule has 0 saturated carbocycles. The lowest BCUT2D eigenvalue weighted by Crippen LogP contribution is -2.57. The number of sulfone groups is 1. The Kier molecular flexibility index (Phi) is 6.69. The summed E-state index contributed by atoms with van der Waals surface area (Å²) in [6.07, 6.45) is 0. The van der Waals surface area contributed by atoms with E-state index in [4.69, 9.17) is 9.73 Å². The van der Waals surface area contributed by atoms with E-state index in [-0.39, 0.29) is 11.4 Å². The van der Waals surface area contributed by atoms with Gasteiger partial charge in [0.25, 0.3) is 0 Å². The van der Waals surface area contributed by atoms with Crippen LogP contribution < -0.4 is 10.1 Å². The number of ether oxygens (including phenoxy) is 1. The van der Waals surface area contributed by atoms with E-state index in [1.807, 2.05) is 51.7 Å². The van der Waals surface area contributed by atoms with Crippen LogP contribution in [0.25, 0.3) is 0 Å². The van der Waals surface area contributed by atoms with E-state index in [2.05, 4.69) is 11.4 Å². The van der Waals surface area contributed by atoms with Crippen LogP contribution in [-0.2, 0) is 16.4 Å². The second kappa shape index (κ2) is 8.31. The molecule has 1 aromatic rings. The lowest BCUT2D eigenvalue weighted by Gasteiger charge is -2.39. The zero-order valence-corrected chi connectivity index (χ0v) is 19.1. The van der Waals surface area contributed by atoms with Gasteiger partial charge in [0.15, 0.2) is 15.8 Å². The van der Waals surface area contributed by atoms with Crippen LogP contribution in [0.5, 0.6) is 5.75 Å². The molecular formula is C21H35N3O3S. The molecule has 2 rings (SSSR count). The van der Waals surface area contributed by atoms with Crippen LogP contribution in [0.4, 0.5) is 0 Å². The van der Waals surface area contributed by atoms with E-state index in [0.29, 0.717) is 19.6 Å². The highest BCUT2D eigenvalue weighted by Crippen LogP contribution is 2.26. The Balaban J connectivity index is 2.27. The number of aliphatic imine (C=N–C) groups is 1. The molecule has 0 bridgehead atoms. The third kappa shape index (κ3) is 5.63. The van der Waals surface area contributed by atoms with Crippen molar-refractivity contribution in [3.8, 4) is 5.75 Å². The fraction of sp³-hybridized carbons (Fsp3) is 0.667. The van der Waals surface area contributed by atoms with Crippen molar-refractivity contribution in [2.75, 3.05) is 25.4 Å². The summed E-state index contributed by atoms with van der Waals surface area (Å²) in [5.41, 5.74) is 1.86. The van der Waals surface area contributed by atoms with Gasteiger partial charge >= 0.3 is 0 Å². The minimum atomic E-state index is -3.09. The topological polar surface area (TPSA) is 71.0 Å². The fourth-order valence-electron chi connectivity index (χ4n) is 3.13. The maximum Gasteiger partial charge on any atom is 0.194 e. The Morgan fingerprint density at radius 1 is 1.32 bits per heavy atom. The van der Waals surface area contributed by atoms with Gasteiger partial charge in [-0.15, -0.1) is 0 Å². The number of benzene rings is 1. The predicted octanol–water partition coefficient (Wildman–Crippen LogP) is 3.15. The van der Waals surface area contributed by atoms with Crippen molar-refractivity contribution in [2.45, 2.75) is 65.4 Å². The molecule has 0 spiro atoms. The zero-order valence-electron chi connectivity index (χ0n) is 18.3. The van der Waals surface area contributed by atoms with E-state index in [1.54, 1.807) is 13.8 Å². The molecule has 7 heteroatoms. The Morgan fingerprint density at radius 3 is 2.57 bits per heavy atom. The summed E-state index contributed by atoms with van der Waals surface area (Å²) in [5, 5.41) is 3.31. The van der Waals surface area contributed by atoms with Gasteiger partial charge in [-0.3, -0.25) is 0 Å². The van der Waals surface area contributed by atoms with Crippen molar-refractivity contribution in [3.63, 3.8) is 0 Å². The van der Waals surface area contributed by atoms with Gasteiger partial charge in [-0.2, -0.15) is 0 Å². The Hall–Kier alpha value is -1.76. The molecule has 6 nitrogen and oxygen atoms in total. The van der Waals surface area contributed by atoms with Gasteiger partial charge in [-0.1, -0.05) is 12.1 Å². The molecule has 1 heterocycles. The maximum atomic E-state index is 12.3. The van der Waals surface area contributed by atoms with Gasteiger partial charge in [0.1, 0.15) is 11.4 Å². The Labute approximate surface area is 170 Å². The molecule has 0 aromatic heterocycles. The largest absolute Gasteiger partial charge is 0.488 e. The number of nitrogens with one attached hydrogen (secondary N) is 1. The molecule has 1 aliphatic rings. The molecule has 0 radical (unpaired) electrons. The molecule has 158 valence electrons. The SMILES string of the molecule is CCNC(=NCc1ccc(C)cc1OC(C)(C)C)N1CCS(=O)(=O)C(C)(C)C1. The monoisotopic (exact) mass is 409 g/mol. The number of hydrogen-bond donors (Lipinski definition) is 1. The molecule has 1 aromatic carbocycles. The highest BCUT2D eigenvalue weighted by atomic mass is 32.2. The summed E-state index contributed by atoms with van der Waals surface area (Å²) in [6.45, 7) is 15.8. The van der Waals surface area contributed by atoms with Gasteiger partial charge < -0.3 is 15.0 Å². The average Bonchev–Trinajstić information content (AvgIpc) is 2.54. The molecule has 0 atom stereocenters. The molecule has 1 N–H and O–H groups in total. The first kappa shape index (κ1) is 22.5. The third-order valence-corrected chi connectivity index (χ3v) is 7.25. The van der Waals surface area contributed by atoms with Gasteiger partial charge in [0, 0.05) is 25.2 Å². The average molecular weight is 410 g/mol. The molecule has 28 heavy (non-hydrogen) atoms. The number of aryl methyl sites for hydroxylation is 1. The van der Waals surface area contributed by atoms with E-state index >= 15 is 0 Å². The van der Waals surface area contributed by atoms with Crippen LogP contribution >= 0.6 is 0 Å². The molecule has 1 aliphatic heterocycles. The molecule has 1 saturated heterocycles. The number of hydrogen-bond acceptors (Lipinski definition) is 4. The lowest BCUT2D eigenvalue weighted by atomic mass is 10.1. The first-order chi connectivity index (χ1) is 12.8. The summed E-state index contributed by atoms with van der Waals surface area (Å²) in [4.78, 5) is 6.84. The number of rotatable bonds is 4. The van der Waals surface area contributed by atoms with Crippen molar-refractivity contribution in [1.29, 1.82) is 0 Å². The van der Waals surface area contributed by atoms with Crippen molar-refractivity contribution in [2.24, 2.45) is 4.99 Å². The van der Waals surface area contributed by atoms with E-state index in [0.717, 1.165) is 29.4 Å². The van der Waals surface area contributed by atoms with Crippen LogP contribution in [0.2, 0.25) is 0 Å². The highest BCUT2D eigenvalue weighted by Gasteiger charge is 2.40.